The molecule has 378 valence electrons. The molecule has 3 aromatic carbocycles. The third-order valence-electron chi connectivity index (χ3n) is 8.55. The van der Waals surface area contributed by atoms with E-state index in [1.165, 1.54) is 23.7 Å². The van der Waals surface area contributed by atoms with Crippen molar-refractivity contribution >= 4 is 101 Å². The van der Waals surface area contributed by atoms with Crippen LogP contribution < -0.4 is 15.4 Å². The third kappa shape index (κ3) is 23.3. The lowest BCUT2D eigenvalue weighted by molar-refractivity contribution is -0.146. The van der Waals surface area contributed by atoms with Crippen molar-refractivity contribution in [2.45, 2.75) is 63.2 Å². The first kappa shape index (κ1) is 63.6. The van der Waals surface area contributed by atoms with Crippen LogP contribution in [0.25, 0.3) is 0 Å². The number of alkyl halides is 6. The zero-order valence-corrected chi connectivity index (χ0v) is 42.3. The largest absolute Gasteiger partial charge is 0.480 e. The highest BCUT2D eigenvalue weighted by molar-refractivity contribution is 7.57. The van der Waals surface area contributed by atoms with Gasteiger partial charge in [0.05, 0.1) is 26.9 Å². The van der Waals surface area contributed by atoms with Gasteiger partial charge in [-0.1, -0.05) is 90.6 Å². The molecule has 0 bridgehead atoms. The Morgan fingerprint density at radius 2 is 1.47 bits per heavy atom. The van der Waals surface area contributed by atoms with Gasteiger partial charge in [0.25, 0.3) is 5.91 Å². The smallest absolute Gasteiger partial charge is 0.416 e. The van der Waals surface area contributed by atoms with Crippen LogP contribution in [-0.2, 0) is 52.2 Å². The summed E-state index contributed by atoms with van der Waals surface area (Å²) in [6.45, 7) is 14.6. The van der Waals surface area contributed by atoms with Crippen LogP contribution in [0, 0.1) is 0 Å². The van der Waals surface area contributed by atoms with E-state index < -0.39 is 54.0 Å². The first-order valence-corrected chi connectivity index (χ1v) is 24.4. The van der Waals surface area contributed by atoms with E-state index in [-0.39, 0.29) is 64.1 Å². The van der Waals surface area contributed by atoms with Gasteiger partial charge in [0.1, 0.15) is 30.2 Å². The van der Waals surface area contributed by atoms with E-state index in [4.69, 9.17) is 93.1 Å². The van der Waals surface area contributed by atoms with Crippen LogP contribution >= 0.6 is 65.4 Å². The Hall–Kier alpha value is -4.36. The van der Waals surface area contributed by atoms with Crippen LogP contribution in [0.1, 0.15) is 54.2 Å². The zero-order chi connectivity index (χ0) is 52.5. The highest BCUT2D eigenvalue weighted by atomic mass is 35.5. The molecule has 0 heterocycles. The van der Waals surface area contributed by atoms with E-state index in [0.717, 1.165) is 54.8 Å². The van der Waals surface area contributed by atoms with Gasteiger partial charge in [0, 0.05) is 33.0 Å². The van der Waals surface area contributed by atoms with E-state index in [9.17, 15) is 41.7 Å². The maximum Gasteiger partial charge on any atom is 0.416 e. The monoisotopic (exact) mass is 1080 g/mol. The molecular formula is C44H54Cl5F3N3O12P. The van der Waals surface area contributed by atoms with Crippen molar-refractivity contribution in [3.63, 3.8) is 0 Å². The van der Waals surface area contributed by atoms with Gasteiger partial charge in [-0.25, -0.2) is 9.59 Å². The normalized spacial score (nSPS) is 12.4. The fourth-order valence-corrected chi connectivity index (χ4v) is 6.71. The second kappa shape index (κ2) is 31.7. The summed E-state index contributed by atoms with van der Waals surface area (Å²) in [6, 6.07) is 11.4. The molecule has 2 amide bonds. The van der Waals surface area contributed by atoms with Crippen molar-refractivity contribution in [3.8, 4) is 11.5 Å². The Kier molecular flexibility index (Phi) is 29.7. The number of amides is 2. The number of carbonyl (C=O) groups is 5. The van der Waals surface area contributed by atoms with Gasteiger partial charge in [0.15, 0.2) is 18.3 Å². The SMILES string of the molecule is C=CCN(CC=C)C(=O)C(Cl)Cl.CCc1cccc(CC)c1N(COC)C(=O)CCl.CP(=O)(O)CCC(N)C(=O)O.C[C@H](OC(=O)c1cc(Oc2ccc(C(F)(F)F)cc2Cl)ccc1Cl)C(=O)O. The van der Waals surface area contributed by atoms with Gasteiger partial charge in [-0.2, -0.15) is 13.2 Å². The number of nitrogens with two attached hydrogens (primary N) is 1. The van der Waals surface area contributed by atoms with Crippen LogP contribution in [0.3, 0.4) is 0 Å². The van der Waals surface area contributed by atoms with Crippen LogP contribution in [0.5, 0.6) is 11.5 Å². The number of carboxylic acids is 2. The number of para-hydroxylation sites is 1. The number of ether oxygens (including phenoxy) is 3. The molecule has 0 saturated heterocycles. The first-order chi connectivity index (χ1) is 31.6. The van der Waals surface area contributed by atoms with E-state index in [1.54, 1.807) is 24.2 Å². The summed E-state index contributed by atoms with van der Waals surface area (Å²) < 4.78 is 63.9. The van der Waals surface area contributed by atoms with E-state index >= 15 is 0 Å². The fraction of sp³-hybridized carbons (Fsp3) is 0.386. The van der Waals surface area contributed by atoms with Crippen LogP contribution in [-0.4, -0.2) is 112 Å². The highest BCUT2D eigenvalue weighted by Crippen LogP contribution is 2.38. The number of hydrogen-bond donors (Lipinski definition) is 4. The number of carbonyl (C=O) groups excluding carboxylic acids is 3. The van der Waals surface area contributed by atoms with E-state index in [2.05, 4.69) is 27.0 Å². The van der Waals surface area contributed by atoms with Crippen molar-refractivity contribution in [3.05, 3.63) is 112 Å². The molecule has 0 spiro atoms. The Morgan fingerprint density at radius 3 is 1.88 bits per heavy atom. The van der Waals surface area contributed by atoms with E-state index in [1.807, 2.05) is 18.2 Å². The average Bonchev–Trinajstić information content (AvgIpc) is 3.27. The summed E-state index contributed by atoms with van der Waals surface area (Å²) >= 11 is 28.2. The summed E-state index contributed by atoms with van der Waals surface area (Å²) in [5, 5.41) is 16.7. The number of anilines is 1. The fourth-order valence-electron chi connectivity index (χ4n) is 5.12. The number of halogens is 8. The molecule has 0 fully saturated rings. The summed E-state index contributed by atoms with van der Waals surface area (Å²) in [5.74, 6) is -4.01. The van der Waals surface area contributed by atoms with Gasteiger partial charge < -0.3 is 40.0 Å². The van der Waals surface area contributed by atoms with Crippen molar-refractivity contribution in [2.24, 2.45) is 5.73 Å². The number of aryl methyl sites for hydroxylation is 2. The zero-order valence-electron chi connectivity index (χ0n) is 37.6. The van der Waals surface area contributed by atoms with Gasteiger partial charge in [-0.3, -0.25) is 23.8 Å². The lowest BCUT2D eigenvalue weighted by Gasteiger charge is -2.26. The number of hydrogen-bond acceptors (Lipinski definition) is 10. The maximum absolute atomic E-state index is 12.7. The predicted molar refractivity (Wildman–Crippen MR) is 259 cm³/mol. The number of methoxy groups -OCH3 is 1. The molecule has 68 heavy (non-hydrogen) atoms. The Balaban J connectivity index is 0.000000948. The van der Waals surface area contributed by atoms with E-state index in [0.29, 0.717) is 19.2 Å². The number of nitrogens with zero attached hydrogens (tertiary/aromatic N) is 2. The topological polar surface area (TPSA) is 223 Å². The van der Waals surface area contributed by atoms with Crippen LogP contribution in [0.2, 0.25) is 10.0 Å². The summed E-state index contributed by atoms with van der Waals surface area (Å²) in [5.41, 5.74) is 7.21. The molecule has 24 heteroatoms. The van der Waals surface area contributed by atoms with Gasteiger partial charge in [-0.05, 0) is 73.7 Å². The number of carboxylic acid groups (broad SMARTS) is 2. The average molecular weight is 1080 g/mol. The van der Waals surface area contributed by atoms with Crippen LogP contribution in [0.15, 0.2) is 79.9 Å². The molecule has 15 nitrogen and oxygen atoms in total. The maximum atomic E-state index is 12.7. The lowest BCUT2D eigenvalue weighted by Crippen LogP contribution is -2.35. The Bertz CT molecular complexity index is 2180. The molecule has 0 aliphatic heterocycles. The molecule has 5 N–H and O–H groups in total. The molecule has 3 aromatic rings. The molecule has 2 unspecified atom stereocenters. The molecule has 0 radical (unpaired) electrons. The van der Waals surface area contributed by atoms with Gasteiger partial charge in [-0.15, -0.1) is 24.8 Å². The predicted octanol–water partition coefficient (Wildman–Crippen LogP) is 10.1. The molecule has 3 atom stereocenters. The molecule has 0 aliphatic rings. The number of rotatable bonds is 20. The third-order valence-corrected chi connectivity index (χ3v) is 10.9. The number of aliphatic carboxylic acids is 2. The minimum absolute atomic E-state index is 0.0246. The highest BCUT2D eigenvalue weighted by Gasteiger charge is 2.31. The van der Waals surface area contributed by atoms with Gasteiger partial charge in [0.2, 0.25) is 5.91 Å². The Labute approximate surface area is 417 Å². The summed E-state index contributed by atoms with van der Waals surface area (Å²) in [6.07, 6.45) is -0.990. The van der Waals surface area contributed by atoms with Crippen molar-refractivity contribution in [1.29, 1.82) is 0 Å². The van der Waals surface area contributed by atoms with Crippen molar-refractivity contribution in [1.82, 2.24) is 4.90 Å². The molecule has 0 aromatic heterocycles. The minimum Gasteiger partial charge on any atom is -0.480 e. The second-order valence-electron chi connectivity index (χ2n) is 13.9. The molecule has 0 saturated carbocycles. The standard InChI is InChI=1S/C17H11Cl2F3O5.C14H20ClNO2.C8H11Cl2NO.C5H12NO4P/c1-8(15(23)24)26-16(25)11-7-10(3-4-12(11)18)27-14-5-2-9(6-13(14)19)17(20,21)22;1-4-11-7-6-8-12(5-2)14(11)16(10-18-3)13(17)9-15;1-3-5-11(6-4-2)8(12)7(9)10;1-11(9,10)3-2-4(6)5(7)8/h2-8H,1H3,(H,23,24);6-8H,4-5,9-10H2,1-3H3;3-4,7H,1-2,5-6H2;4H,2-3,6H2,1H3,(H,7,8)(H,9,10)/t8-;;;/m0.../s1. The molecule has 0 aliphatic carbocycles. The lowest BCUT2D eigenvalue weighted by atomic mass is 10.0. The minimum atomic E-state index is -4.56. The first-order valence-electron chi connectivity index (χ1n) is 19.9. The quantitative estimate of drug-likeness (QED) is 0.0272. The molecule has 3 rings (SSSR count). The van der Waals surface area contributed by atoms with Crippen molar-refractivity contribution < 1.29 is 71.0 Å². The summed E-state index contributed by atoms with van der Waals surface area (Å²) in [7, 11) is -1.52. The summed E-state index contributed by atoms with van der Waals surface area (Å²) in [4.78, 5) is 66.9. The van der Waals surface area contributed by atoms with Crippen LogP contribution in [0.4, 0.5) is 18.9 Å². The van der Waals surface area contributed by atoms with Gasteiger partial charge >= 0.3 is 24.1 Å². The molecular weight excluding hydrogens is 1030 g/mol. The number of esters is 1. The Morgan fingerprint density at radius 1 is 0.912 bits per heavy atom. The van der Waals surface area contributed by atoms with Crippen molar-refractivity contribution in [2.75, 3.05) is 50.5 Å². The second-order valence-corrected chi connectivity index (χ2v) is 18.6. The number of benzene rings is 3.